The molecule has 0 spiro atoms. The van der Waals surface area contributed by atoms with Gasteiger partial charge in [-0.3, -0.25) is 0 Å². The van der Waals surface area contributed by atoms with Crippen LogP contribution in [0.2, 0.25) is 0 Å². The molecule has 0 aliphatic heterocycles. The van der Waals surface area contributed by atoms with Crippen molar-refractivity contribution < 1.29 is 0 Å². The van der Waals surface area contributed by atoms with Crippen LogP contribution in [0.15, 0.2) is 65.5 Å². The molecule has 2 aliphatic rings. The van der Waals surface area contributed by atoms with Crippen LogP contribution in [0.3, 0.4) is 0 Å². The first-order chi connectivity index (χ1) is 6.45. The molecule has 0 saturated carbocycles. The second kappa shape index (κ2) is 3.93. The van der Waals surface area contributed by atoms with Crippen LogP contribution in [-0.4, -0.2) is 0 Å². The third-order valence-corrected chi connectivity index (χ3v) is 2.09. The van der Waals surface area contributed by atoms with E-state index < -0.39 is 0 Å². The lowest BCUT2D eigenvalue weighted by Crippen LogP contribution is -1.82. The van der Waals surface area contributed by atoms with E-state index in [2.05, 4.69) is 54.3 Å². The van der Waals surface area contributed by atoms with Gasteiger partial charge < -0.3 is 0 Å². The van der Waals surface area contributed by atoms with Gasteiger partial charge in [0.05, 0.1) is 0 Å². The zero-order valence-electron chi connectivity index (χ0n) is 7.53. The van der Waals surface area contributed by atoms with Crippen LogP contribution >= 0.6 is 0 Å². The first kappa shape index (κ1) is 8.10. The van der Waals surface area contributed by atoms with E-state index in [4.69, 9.17) is 0 Å². The maximum Gasteiger partial charge on any atom is -0.00195 e. The average Bonchev–Trinajstić information content (AvgIpc) is 2.21. The van der Waals surface area contributed by atoms with E-state index in [1.165, 1.54) is 11.1 Å². The molecule has 0 aromatic rings. The Balaban J connectivity index is 2.26. The molecule has 0 fully saturated rings. The van der Waals surface area contributed by atoms with Gasteiger partial charge in [0.1, 0.15) is 0 Å². The van der Waals surface area contributed by atoms with E-state index in [1.54, 1.807) is 0 Å². The van der Waals surface area contributed by atoms with Gasteiger partial charge in [-0.25, -0.2) is 0 Å². The van der Waals surface area contributed by atoms with Crippen LogP contribution < -0.4 is 0 Å². The molecule has 0 aromatic carbocycles. The highest BCUT2D eigenvalue weighted by atomic mass is 14.0. The van der Waals surface area contributed by atoms with Crippen molar-refractivity contribution in [2.75, 3.05) is 0 Å². The van der Waals surface area contributed by atoms with Gasteiger partial charge in [0.2, 0.25) is 0 Å². The molecule has 0 heterocycles. The number of allylic oxidation sites excluding steroid dienone is 9. The Morgan fingerprint density at radius 2 is 1.31 bits per heavy atom. The molecule has 13 heavy (non-hydrogen) atoms. The maximum absolute atomic E-state index is 3.42. The predicted molar refractivity (Wildman–Crippen MR) is 56.3 cm³/mol. The van der Waals surface area contributed by atoms with Crippen molar-refractivity contribution in [1.29, 1.82) is 0 Å². The summed E-state index contributed by atoms with van der Waals surface area (Å²) in [5.41, 5.74) is 5.97. The molecule has 0 bridgehead atoms. The molecule has 0 N–H and O–H groups in total. The molecule has 64 valence electrons. The first-order valence-corrected chi connectivity index (χ1v) is 4.60. The van der Waals surface area contributed by atoms with E-state index in [0.717, 1.165) is 12.8 Å². The molecule has 2 rings (SSSR count). The lowest BCUT2D eigenvalue weighted by atomic mass is 10.0. The number of rotatable bonds is 0. The summed E-state index contributed by atoms with van der Waals surface area (Å²) in [6, 6.07) is 0. The summed E-state index contributed by atoms with van der Waals surface area (Å²) in [5, 5.41) is 0. The minimum Gasteiger partial charge on any atom is -0.113 e. The van der Waals surface area contributed by atoms with Crippen LogP contribution in [0.5, 0.6) is 0 Å². The Morgan fingerprint density at radius 3 is 1.69 bits per heavy atom. The third kappa shape index (κ3) is 2.21. The van der Waals surface area contributed by atoms with Crippen molar-refractivity contribution in [3.63, 3.8) is 0 Å². The molecule has 0 heteroatoms. The molecule has 0 nitrogen and oxygen atoms in total. The first-order valence-electron chi connectivity index (χ1n) is 4.60. The molecule has 0 unspecified atom stereocenters. The fourth-order valence-electron chi connectivity index (χ4n) is 1.42. The molecular formula is C13H12. The third-order valence-electron chi connectivity index (χ3n) is 2.09. The molecule has 2 aliphatic carbocycles. The average molecular weight is 168 g/mol. The van der Waals surface area contributed by atoms with E-state index >= 15 is 0 Å². The fraction of sp³-hybridized carbons (Fsp3) is 0.154. The van der Waals surface area contributed by atoms with Crippen molar-refractivity contribution in [1.82, 2.24) is 0 Å². The van der Waals surface area contributed by atoms with Crippen LogP contribution in [-0.2, 0) is 0 Å². The Bertz CT molecular complexity index is 333. The summed E-state index contributed by atoms with van der Waals surface area (Å²) in [6.07, 6.45) is 18.9. The van der Waals surface area contributed by atoms with Gasteiger partial charge in [0.25, 0.3) is 0 Å². The van der Waals surface area contributed by atoms with Gasteiger partial charge in [-0.05, 0) is 24.0 Å². The van der Waals surface area contributed by atoms with Crippen molar-refractivity contribution in [2.45, 2.75) is 12.8 Å². The highest BCUT2D eigenvalue weighted by Crippen LogP contribution is 2.13. The summed E-state index contributed by atoms with van der Waals surface area (Å²) in [6.45, 7) is 0. The highest BCUT2D eigenvalue weighted by Gasteiger charge is 1.95. The van der Waals surface area contributed by atoms with Crippen molar-refractivity contribution in [3.8, 4) is 0 Å². The van der Waals surface area contributed by atoms with Crippen molar-refractivity contribution in [2.24, 2.45) is 0 Å². The van der Waals surface area contributed by atoms with E-state index in [1.807, 2.05) is 0 Å². The summed E-state index contributed by atoms with van der Waals surface area (Å²) in [5.74, 6) is 0. The molecular weight excluding hydrogens is 156 g/mol. The summed E-state index contributed by atoms with van der Waals surface area (Å²) in [4.78, 5) is 0. The fourth-order valence-corrected chi connectivity index (χ4v) is 1.42. The second-order valence-corrected chi connectivity index (χ2v) is 3.16. The van der Waals surface area contributed by atoms with Crippen LogP contribution in [0.1, 0.15) is 12.8 Å². The van der Waals surface area contributed by atoms with E-state index in [-0.39, 0.29) is 0 Å². The Morgan fingerprint density at radius 1 is 0.769 bits per heavy atom. The Hall–Kier alpha value is -1.52. The van der Waals surface area contributed by atoms with Gasteiger partial charge in [0.15, 0.2) is 0 Å². The monoisotopic (exact) mass is 168 g/mol. The molecule has 0 aromatic heterocycles. The van der Waals surface area contributed by atoms with Gasteiger partial charge in [0, 0.05) is 0 Å². The standard InChI is InChI=1S/C13H12/c1-3-7-12(8-4-1)11-13-9-5-2-6-10-13/h1-7,9H,8,10H2. The summed E-state index contributed by atoms with van der Waals surface area (Å²) in [7, 11) is 0. The smallest absolute Gasteiger partial charge is 0.00195 e. The Labute approximate surface area is 79.0 Å². The molecule has 0 amide bonds. The predicted octanol–water partition coefficient (Wildman–Crippen LogP) is 3.47. The second-order valence-electron chi connectivity index (χ2n) is 3.16. The van der Waals surface area contributed by atoms with Crippen LogP contribution in [0, 0.1) is 0 Å². The maximum atomic E-state index is 3.42. The van der Waals surface area contributed by atoms with Crippen molar-refractivity contribution in [3.05, 3.63) is 65.5 Å². The molecule has 0 atom stereocenters. The summed E-state index contributed by atoms with van der Waals surface area (Å²) >= 11 is 0. The SMILES string of the molecule is C(=C1C=CC=CC1)=C1C=CC=CC1. The molecule has 0 saturated heterocycles. The van der Waals surface area contributed by atoms with Gasteiger partial charge in [-0.1, -0.05) is 48.6 Å². The normalized spacial score (nSPS) is 19.4. The quantitative estimate of drug-likeness (QED) is 0.486. The lowest BCUT2D eigenvalue weighted by molar-refractivity contribution is 1.23. The van der Waals surface area contributed by atoms with Crippen LogP contribution in [0.4, 0.5) is 0 Å². The van der Waals surface area contributed by atoms with Gasteiger partial charge in [-0.15, -0.1) is 5.73 Å². The minimum atomic E-state index is 1.01. The minimum absolute atomic E-state index is 1.01. The summed E-state index contributed by atoms with van der Waals surface area (Å²) < 4.78 is 0. The van der Waals surface area contributed by atoms with E-state index in [0.29, 0.717) is 0 Å². The van der Waals surface area contributed by atoms with Crippen LogP contribution in [0.25, 0.3) is 0 Å². The van der Waals surface area contributed by atoms with Gasteiger partial charge in [-0.2, -0.15) is 0 Å². The topological polar surface area (TPSA) is 0 Å². The zero-order valence-corrected chi connectivity index (χ0v) is 7.53. The molecule has 0 radical (unpaired) electrons. The lowest BCUT2D eigenvalue weighted by Gasteiger charge is -2.00. The van der Waals surface area contributed by atoms with E-state index in [9.17, 15) is 0 Å². The Kier molecular flexibility index (Phi) is 2.45. The number of hydrogen-bond donors (Lipinski definition) is 0. The number of hydrogen-bond acceptors (Lipinski definition) is 0. The zero-order chi connectivity index (χ0) is 8.93. The largest absolute Gasteiger partial charge is 0.113 e. The van der Waals surface area contributed by atoms with Gasteiger partial charge >= 0.3 is 0 Å². The van der Waals surface area contributed by atoms with Crippen molar-refractivity contribution >= 4 is 0 Å². The highest BCUT2D eigenvalue weighted by molar-refractivity contribution is 5.35.